The Kier molecular flexibility index (Phi) is 6.03. The van der Waals surface area contributed by atoms with Gasteiger partial charge in [-0.2, -0.15) is 18.3 Å². The molecule has 3 rings (SSSR count). The normalized spacial score (nSPS) is 20.3. The van der Waals surface area contributed by atoms with Gasteiger partial charge in [0.1, 0.15) is 0 Å². The van der Waals surface area contributed by atoms with Crippen molar-refractivity contribution in [1.82, 2.24) is 20.4 Å². The average molecular weight is 380 g/mol. The highest BCUT2D eigenvalue weighted by Crippen LogP contribution is 2.37. The summed E-state index contributed by atoms with van der Waals surface area (Å²) < 4.78 is 41.2. The Morgan fingerprint density at radius 2 is 1.89 bits per heavy atom. The van der Waals surface area contributed by atoms with Crippen LogP contribution in [0.2, 0.25) is 0 Å². The largest absolute Gasteiger partial charge is 0.393 e. The van der Waals surface area contributed by atoms with E-state index in [9.17, 15) is 18.0 Å². The molecular formula is C19H23F3N4O. The molecule has 1 fully saturated rings. The summed E-state index contributed by atoms with van der Waals surface area (Å²) in [5.74, 6) is -1.47. The summed E-state index contributed by atoms with van der Waals surface area (Å²) in [7, 11) is 0. The topological polar surface area (TPSA) is 59.0 Å². The molecule has 2 aromatic rings. The monoisotopic (exact) mass is 380 g/mol. The average Bonchev–Trinajstić information content (AvgIpc) is 3.14. The van der Waals surface area contributed by atoms with Gasteiger partial charge in [0.05, 0.1) is 12.5 Å². The first kappa shape index (κ1) is 19.3. The summed E-state index contributed by atoms with van der Waals surface area (Å²) in [5, 5.41) is 9.38. The number of amides is 2. The van der Waals surface area contributed by atoms with Crippen LogP contribution in [0.5, 0.6) is 0 Å². The number of rotatable bonds is 5. The summed E-state index contributed by atoms with van der Waals surface area (Å²) in [6.07, 6.45) is 0.922. The molecule has 0 saturated heterocycles. The molecule has 1 aliphatic rings. The van der Waals surface area contributed by atoms with Gasteiger partial charge in [-0.25, -0.2) is 4.79 Å². The smallest absolute Gasteiger partial charge is 0.335 e. The Labute approximate surface area is 155 Å². The van der Waals surface area contributed by atoms with Crippen molar-refractivity contribution in [2.24, 2.45) is 5.92 Å². The molecule has 1 aromatic heterocycles. The zero-order valence-electron chi connectivity index (χ0n) is 14.9. The first-order valence-electron chi connectivity index (χ1n) is 9.09. The third kappa shape index (κ3) is 5.24. The van der Waals surface area contributed by atoms with Crippen LogP contribution < -0.4 is 10.6 Å². The third-order valence-electron chi connectivity index (χ3n) is 4.95. The van der Waals surface area contributed by atoms with Crippen LogP contribution in [0.4, 0.5) is 18.0 Å². The van der Waals surface area contributed by atoms with Gasteiger partial charge in [-0.1, -0.05) is 37.1 Å². The van der Waals surface area contributed by atoms with Gasteiger partial charge in [0.15, 0.2) is 0 Å². The molecule has 27 heavy (non-hydrogen) atoms. The van der Waals surface area contributed by atoms with E-state index < -0.39 is 24.2 Å². The quantitative estimate of drug-likeness (QED) is 0.828. The number of halogens is 3. The molecule has 0 aliphatic heterocycles. The summed E-state index contributed by atoms with van der Waals surface area (Å²) in [4.78, 5) is 12.2. The SMILES string of the molecule is O=C(NCc1ccccc1Cn1cccn1)N[C@H]1CCCC[C@@H]1C(F)(F)F. The van der Waals surface area contributed by atoms with Crippen LogP contribution in [0.15, 0.2) is 42.7 Å². The number of aromatic nitrogens is 2. The molecule has 0 bridgehead atoms. The fourth-order valence-corrected chi connectivity index (χ4v) is 3.54. The van der Waals surface area contributed by atoms with E-state index in [2.05, 4.69) is 15.7 Å². The highest BCUT2D eigenvalue weighted by molar-refractivity contribution is 5.74. The molecule has 5 nitrogen and oxygen atoms in total. The van der Waals surface area contributed by atoms with E-state index in [0.717, 1.165) is 11.1 Å². The van der Waals surface area contributed by atoms with Gasteiger partial charge in [0, 0.05) is 25.0 Å². The fraction of sp³-hybridized carbons (Fsp3) is 0.474. The van der Waals surface area contributed by atoms with Gasteiger partial charge in [-0.3, -0.25) is 4.68 Å². The maximum absolute atomic E-state index is 13.1. The van der Waals surface area contributed by atoms with E-state index in [4.69, 9.17) is 0 Å². The second-order valence-corrected chi connectivity index (χ2v) is 6.84. The Hall–Kier alpha value is -2.51. The Balaban J connectivity index is 1.58. The highest BCUT2D eigenvalue weighted by atomic mass is 19.4. The molecule has 1 saturated carbocycles. The molecule has 146 valence electrons. The summed E-state index contributed by atoms with van der Waals surface area (Å²) in [5.41, 5.74) is 1.89. The summed E-state index contributed by atoms with van der Waals surface area (Å²) >= 11 is 0. The molecule has 8 heteroatoms. The van der Waals surface area contributed by atoms with Crippen molar-refractivity contribution in [2.75, 3.05) is 0 Å². The lowest BCUT2D eigenvalue weighted by Gasteiger charge is -2.33. The van der Waals surface area contributed by atoms with Gasteiger partial charge in [-0.05, 0) is 30.0 Å². The van der Waals surface area contributed by atoms with Crippen molar-refractivity contribution < 1.29 is 18.0 Å². The first-order chi connectivity index (χ1) is 12.9. The number of hydrogen-bond donors (Lipinski definition) is 2. The molecule has 0 radical (unpaired) electrons. The minimum Gasteiger partial charge on any atom is -0.335 e. The zero-order chi connectivity index (χ0) is 19.3. The molecule has 0 spiro atoms. The van der Waals surface area contributed by atoms with E-state index in [1.165, 1.54) is 0 Å². The summed E-state index contributed by atoms with van der Waals surface area (Å²) in [6, 6.07) is 7.99. The number of carbonyl (C=O) groups excluding carboxylic acids is 1. The van der Waals surface area contributed by atoms with Gasteiger partial charge in [0.25, 0.3) is 0 Å². The van der Waals surface area contributed by atoms with Gasteiger partial charge in [0.2, 0.25) is 0 Å². The number of nitrogens with one attached hydrogen (secondary N) is 2. The van der Waals surface area contributed by atoms with Crippen molar-refractivity contribution in [3.63, 3.8) is 0 Å². The van der Waals surface area contributed by atoms with Crippen LogP contribution in [0.25, 0.3) is 0 Å². The maximum atomic E-state index is 13.1. The van der Waals surface area contributed by atoms with Crippen LogP contribution >= 0.6 is 0 Å². The Morgan fingerprint density at radius 3 is 2.59 bits per heavy atom. The van der Waals surface area contributed by atoms with E-state index in [0.29, 0.717) is 25.8 Å². The Bertz CT molecular complexity index is 746. The molecule has 1 aromatic carbocycles. The lowest BCUT2D eigenvalue weighted by Crippen LogP contribution is -2.50. The lowest BCUT2D eigenvalue weighted by molar-refractivity contribution is -0.187. The molecule has 1 aliphatic carbocycles. The second kappa shape index (κ2) is 8.45. The minimum atomic E-state index is -4.28. The van der Waals surface area contributed by atoms with E-state index in [-0.39, 0.29) is 13.0 Å². The fourth-order valence-electron chi connectivity index (χ4n) is 3.54. The van der Waals surface area contributed by atoms with Crippen molar-refractivity contribution in [2.45, 2.75) is 51.0 Å². The predicted octanol–water partition coefficient (Wildman–Crippen LogP) is 3.85. The molecule has 1 heterocycles. The molecule has 2 amide bonds. The standard InChI is InChI=1S/C19H23F3N4O/c20-19(21,22)16-8-3-4-9-17(16)25-18(27)23-12-14-6-1-2-7-15(14)13-26-11-5-10-24-26/h1-2,5-7,10-11,16-17H,3-4,8-9,12-13H2,(H2,23,25,27)/t16-,17-/m0/s1. The number of carbonyl (C=O) groups is 1. The number of nitrogens with zero attached hydrogens (tertiary/aromatic N) is 2. The minimum absolute atomic E-state index is 0.0706. The van der Waals surface area contributed by atoms with Crippen LogP contribution in [0.1, 0.15) is 36.8 Å². The highest BCUT2D eigenvalue weighted by Gasteiger charge is 2.45. The molecular weight excluding hydrogens is 357 g/mol. The van der Waals surface area contributed by atoms with Crippen molar-refractivity contribution in [1.29, 1.82) is 0 Å². The lowest BCUT2D eigenvalue weighted by atomic mass is 9.84. The molecule has 2 atom stereocenters. The van der Waals surface area contributed by atoms with Crippen LogP contribution in [0.3, 0.4) is 0 Å². The van der Waals surface area contributed by atoms with E-state index in [1.54, 1.807) is 10.9 Å². The maximum Gasteiger partial charge on any atom is 0.393 e. The third-order valence-corrected chi connectivity index (χ3v) is 4.95. The molecule has 2 N–H and O–H groups in total. The van der Waals surface area contributed by atoms with Crippen LogP contribution in [-0.4, -0.2) is 28.0 Å². The second-order valence-electron chi connectivity index (χ2n) is 6.84. The number of hydrogen-bond acceptors (Lipinski definition) is 2. The summed E-state index contributed by atoms with van der Waals surface area (Å²) in [6.45, 7) is 0.803. The Morgan fingerprint density at radius 1 is 1.15 bits per heavy atom. The van der Waals surface area contributed by atoms with Gasteiger partial charge in [-0.15, -0.1) is 0 Å². The van der Waals surface area contributed by atoms with Crippen molar-refractivity contribution in [3.05, 3.63) is 53.9 Å². The first-order valence-corrected chi connectivity index (χ1v) is 9.09. The van der Waals surface area contributed by atoms with E-state index in [1.807, 2.05) is 36.5 Å². The van der Waals surface area contributed by atoms with Crippen molar-refractivity contribution >= 4 is 6.03 Å². The van der Waals surface area contributed by atoms with Gasteiger partial charge < -0.3 is 10.6 Å². The van der Waals surface area contributed by atoms with Crippen molar-refractivity contribution in [3.8, 4) is 0 Å². The van der Waals surface area contributed by atoms with E-state index >= 15 is 0 Å². The number of alkyl halides is 3. The van der Waals surface area contributed by atoms with Gasteiger partial charge >= 0.3 is 12.2 Å². The number of benzene rings is 1. The van der Waals surface area contributed by atoms with Crippen LogP contribution in [0, 0.1) is 5.92 Å². The number of urea groups is 1. The predicted molar refractivity (Wildman–Crippen MR) is 94.9 cm³/mol. The molecule has 0 unspecified atom stereocenters. The van der Waals surface area contributed by atoms with Crippen LogP contribution in [-0.2, 0) is 13.1 Å². The zero-order valence-corrected chi connectivity index (χ0v) is 14.9.